The van der Waals surface area contributed by atoms with Crippen LogP contribution in [-0.4, -0.2) is 61.7 Å². The van der Waals surface area contributed by atoms with E-state index in [1.807, 2.05) is 0 Å². The fourth-order valence-corrected chi connectivity index (χ4v) is 2.05. The van der Waals surface area contributed by atoms with Crippen molar-refractivity contribution in [3.8, 4) is 0 Å². The van der Waals surface area contributed by atoms with Gasteiger partial charge in [-0.3, -0.25) is 0 Å². The van der Waals surface area contributed by atoms with Crippen molar-refractivity contribution in [3.05, 3.63) is 0 Å². The van der Waals surface area contributed by atoms with Crippen LogP contribution in [0.1, 0.15) is 26.7 Å². The van der Waals surface area contributed by atoms with Crippen molar-refractivity contribution in [3.63, 3.8) is 0 Å². The number of ether oxygens (including phenoxy) is 1. The van der Waals surface area contributed by atoms with Crippen molar-refractivity contribution >= 4 is 5.97 Å². The molecular formula is C11H20O7. The molecule has 0 aliphatic carbocycles. The summed E-state index contributed by atoms with van der Waals surface area (Å²) in [6, 6.07) is 0. The highest BCUT2D eigenvalue weighted by Gasteiger charge is 2.51. The number of aliphatic hydroxyl groups is 4. The third-order valence-corrected chi connectivity index (χ3v) is 3.43. The van der Waals surface area contributed by atoms with Crippen molar-refractivity contribution in [1.29, 1.82) is 0 Å². The third kappa shape index (κ3) is 2.81. The Hall–Kier alpha value is -0.730. The molecule has 1 aliphatic rings. The molecule has 0 aromatic carbocycles. The summed E-state index contributed by atoms with van der Waals surface area (Å²) in [6.07, 6.45) is -5.00. The van der Waals surface area contributed by atoms with Crippen LogP contribution in [0.3, 0.4) is 0 Å². The third-order valence-electron chi connectivity index (χ3n) is 3.43. The fraction of sp³-hybridized carbons (Fsp3) is 0.909. The number of aliphatic carboxylic acids is 1. The van der Waals surface area contributed by atoms with E-state index < -0.39 is 48.5 Å². The first-order valence-corrected chi connectivity index (χ1v) is 5.90. The van der Waals surface area contributed by atoms with Gasteiger partial charge >= 0.3 is 5.97 Å². The molecule has 18 heavy (non-hydrogen) atoms. The first-order valence-electron chi connectivity index (χ1n) is 5.90. The number of rotatable bonds is 4. The maximum absolute atomic E-state index is 10.9. The highest BCUT2D eigenvalue weighted by Crippen LogP contribution is 2.34. The van der Waals surface area contributed by atoms with Gasteiger partial charge in [0.1, 0.15) is 6.10 Å². The maximum Gasteiger partial charge on any atom is 0.364 e. The van der Waals surface area contributed by atoms with E-state index in [2.05, 4.69) is 0 Å². The van der Waals surface area contributed by atoms with Gasteiger partial charge in [-0.15, -0.1) is 0 Å². The number of aliphatic hydroxyl groups excluding tert-OH is 3. The minimum absolute atomic E-state index is 0.245. The van der Waals surface area contributed by atoms with Crippen molar-refractivity contribution in [2.45, 2.75) is 56.9 Å². The van der Waals surface area contributed by atoms with Crippen molar-refractivity contribution in [1.82, 2.24) is 0 Å². The second kappa shape index (κ2) is 5.50. The quantitative estimate of drug-likeness (QED) is 0.426. The van der Waals surface area contributed by atoms with E-state index in [0.717, 1.165) is 0 Å². The van der Waals surface area contributed by atoms with Gasteiger partial charge in [0.15, 0.2) is 0 Å². The van der Waals surface area contributed by atoms with Gasteiger partial charge in [0.25, 0.3) is 5.79 Å². The first kappa shape index (κ1) is 15.3. The molecule has 0 radical (unpaired) electrons. The van der Waals surface area contributed by atoms with E-state index in [4.69, 9.17) is 9.84 Å². The highest BCUT2D eigenvalue weighted by molar-refractivity contribution is 5.75. The average molecular weight is 264 g/mol. The van der Waals surface area contributed by atoms with E-state index in [1.165, 1.54) is 0 Å². The zero-order valence-electron chi connectivity index (χ0n) is 10.4. The molecule has 5 N–H and O–H groups in total. The summed E-state index contributed by atoms with van der Waals surface area (Å²) in [5.74, 6) is -4.76. The smallest absolute Gasteiger partial charge is 0.364 e. The Morgan fingerprint density at radius 2 is 2.06 bits per heavy atom. The van der Waals surface area contributed by atoms with Crippen LogP contribution in [0.5, 0.6) is 0 Å². The molecule has 0 spiro atoms. The molecular weight excluding hydrogens is 244 g/mol. The molecule has 0 bridgehead atoms. The van der Waals surface area contributed by atoms with Gasteiger partial charge in [0.2, 0.25) is 0 Å². The number of hydrogen-bond donors (Lipinski definition) is 5. The summed E-state index contributed by atoms with van der Waals surface area (Å²) in [5, 5.41) is 47.7. The van der Waals surface area contributed by atoms with Crippen LogP contribution in [0.25, 0.3) is 0 Å². The zero-order chi connectivity index (χ0) is 14.1. The molecule has 0 aromatic rings. The Labute approximate surface area is 105 Å². The number of carboxylic acids is 1. The summed E-state index contributed by atoms with van der Waals surface area (Å²) < 4.78 is 4.99. The molecule has 6 unspecified atom stereocenters. The van der Waals surface area contributed by atoms with Gasteiger partial charge < -0.3 is 30.3 Å². The Kier molecular flexibility index (Phi) is 4.68. The summed E-state index contributed by atoms with van der Waals surface area (Å²) in [6.45, 7) is 3.20. The Bertz CT molecular complexity index is 308. The lowest BCUT2D eigenvalue weighted by Gasteiger charge is -2.43. The SMILES string of the molecule is CCC(O)C(O)C1OC(O)(C(=O)O)CC(O)C1C. The second-order valence-electron chi connectivity index (χ2n) is 4.77. The Morgan fingerprint density at radius 3 is 2.50 bits per heavy atom. The summed E-state index contributed by atoms with van der Waals surface area (Å²) in [5.41, 5.74) is 0. The average Bonchev–Trinajstić information content (AvgIpc) is 2.31. The van der Waals surface area contributed by atoms with Gasteiger partial charge in [0.05, 0.1) is 18.3 Å². The molecule has 1 heterocycles. The standard InChI is InChI=1S/C11H20O7/c1-3-6(12)8(14)9-5(2)7(13)4-11(17,18-9)10(15)16/h5-9,12-14,17H,3-4H2,1-2H3,(H,15,16). The number of carbonyl (C=O) groups is 1. The van der Waals surface area contributed by atoms with E-state index >= 15 is 0 Å². The predicted molar refractivity (Wildman–Crippen MR) is 59.6 cm³/mol. The molecule has 0 aromatic heterocycles. The lowest BCUT2D eigenvalue weighted by atomic mass is 9.84. The Morgan fingerprint density at radius 1 is 1.50 bits per heavy atom. The fourth-order valence-electron chi connectivity index (χ4n) is 2.05. The molecule has 0 amide bonds. The minimum Gasteiger partial charge on any atom is -0.477 e. The molecule has 106 valence electrons. The molecule has 6 atom stereocenters. The molecule has 0 saturated carbocycles. The molecule has 1 saturated heterocycles. The van der Waals surface area contributed by atoms with E-state index in [-0.39, 0.29) is 6.42 Å². The molecule has 1 aliphatic heterocycles. The van der Waals surface area contributed by atoms with Crippen LogP contribution in [0, 0.1) is 5.92 Å². The minimum atomic E-state index is -2.54. The summed E-state index contributed by atoms with van der Waals surface area (Å²) in [4.78, 5) is 10.9. The predicted octanol–water partition coefficient (Wildman–Crippen LogP) is -1.32. The zero-order valence-corrected chi connectivity index (χ0v) is 10.4. The lowest BCUT2D eigenvalue weighted by molar-refractivity contribution is -0.301. The van der Waals surface area contributed by atoms with Crippen LogP contribution in [-0.2, 0) is 9.53 Å². The monoisotopic (exact) mass is 264 g/mol. The number of hydrogen-bond acceptors (Lipinski definition) is 6. The van der Waals surface area contributed by atoms with E-state index in [9.17, 15) is 25.2 Å². The van der Waals surface area contributed by atoms with Gasteiger partial charge in [0, 0.05) is 12.3 Å². The summed E-state index contributed by atoms with van der Waals surface area (Å²) in [7, 11) is 0. The Balaban J connectivity index is 2.92. The van der Waals surface area contributed by atoms with Gasteiger partial charge in [-0.1, -0.05) is 13.8 Å². The summed E-state index contributed by atoms with van der Waals surface area (Å²) >= 11 is 0. The van der Waals surface area contributed by atoms with Crippen LogP contribution in [0.15, 0.2) is 0 Å². The molecule has 7 nitrogen and oxygen atoms in total. The van der Waals surface area contributed by atoms with Crippen molar-refractivity contribution in [2.75, 3.05) is 0 Å². The highest BCUT2D eigenvalue weighted by atomic mass is 16.7. The van der Waals surface area contributed by atoms with Gasteiger partial charge in [-0.2, -0.15) is 0 Å². The van der Waals surface area contributed by atoms with Gasteiger partial charge in [-0.25, -0.2) is 4.79 Å². The van der Waals surface area contributed by atoms with Crippen LogP contribution in [0.4, 0.5) is 0 Å². The topological polar surface area (TPSA) is 127 Å². The van der Waals surface area contributed by atoms with Crippen molar-refractivity contribution < 1.29 is 35.1 Å². The normalized spacial score (nSPS) is 40.2. The molecule has 1 rings (SSSR count). The van der Waals surface area contributed by atoms with Crippen LogP contribution >= 0.6 is 0 Å². The van der Waals surface area contributed by atoms with Crippen LogP contribution in [0.2, 0.25) is 0 Å². The second-order valence-corrected chi connectivity index (χ2v) is 4.77. The van der Waals surface area contributed by atoms with E-state index in [0.29, 0.717) is 0 Å². The first-order chi connectivity index (χ1) is 8.23. The maximum atomic E-state index is 10.9. The van der Waals surface area contributed by atoms with Gasteiger partial charge in [-0.05, 0) is 6.42 Å². The molecule has 7 heteroatoms. The molecule has 1 fully saturated rings. The lowest BCUT2D eigenvalue weighted by Crippen LogP contribution is -2.59. The largest absolute Gasteiger partial charge is 0.477 e. The van der Waals surface area contributed by atoms with Crippen LogP contribution < -0.4 is 0 Å². The number of carboxylic acid groups (broad SMARTS) is 1. The van der Waals surface area contributed by atoms with E-state index in [1.54, 1.807) is 13.8 Å². The van der Waals surface area contributed by atoms with Crippen molar-refractivity contribution in [2.24, 2.45) is 5.92 Å².